The number of aromatic carboxylic acids is 1. The van der Waals surface area contributed by atoms with Crippen LogP contribution in [-0.2, 0) is 4.79 Å². The highest BCUT2D eigenvalue weighted by molar-refractivity contribution is 7.99. The summed E-state index contributed by atoms with van der Waals surface area (Å²) >= 11 is 1.64. The minimum absolute atomic E-state index is 0.199. The number of carbonyl (C=O) groups excluding carboxylic acids is 1. The SMILES string of the molecule is CCN1CCCC(=O)N1CCSc1ccc(C(=O)O)cc1. The average Bonchev–Trinajstić information content (AvgIpc) is 2.49. The second-order valence-corrected chi connectivity index (χ2v) is 6.01. The Balaban J connectivity index is 1.85. The maximum absolute atomic E-state index is 11.9. The molecule has 114 valence electrons. The number of nitrogens with zero attached hydrogens (tertiary/aromatic N) is 2. The Kier molecular flexibility index (Phi) is 5.64. The third-order valence-corrected chi connectivity index (χ3v) is 4.47. The number of carboxylic acids is 1. The summed E-state index contributed by atoms with van der Waals surface area (Å²) in [4.78, 5) is 23.7. The van der Waals surface area contributed by atoms with Crippen LogP contribution in [0.5, 0.6) is 0 Å². The number of thioether (sulfide) groups is 1. The molecule has 1 amide bonds. The van der Waals surface area contributed by atoms with Gasteiger partial charge in [-0.3, -0.25) is 9.80 Å². The highest BCUT2D eigenvalue weighted by Crippen LogP contribution is 2.20. The molecule has 1 aromatic rings. The fourth-order valence-electron chi connectivity index (χ4n) is 2.36. The van der Waals surface area contributed by atoms with Gasteiger partial charge >= 0.3 is 5.97 Å². The minimum atomic E-state index is -0.913. The Morgan fingerprint density at radius 3 is 2.67 bits per heavy atom. The molecule has 1 aliphatic rings. The lowest BCUT2D eigenvalue weighted by molar-refractivity contribution is -0.154. The molecule has 0 atom stereocenters. The number of carbonyl (C=O) groups is 2. The van der Waals surface area contributed by atoms with E-state index in [2.05, 4.69) is 11.9 Å². The largest absolute Gasteiger partial charge is 0.478 e. The number of carboxylic acid groups (broad SMARTS) is 1. The highest BCUT2D eigenvalue weighted by Gasteiger charge is 2.24. The predicted octanol–water partition coefficient (Wildman–Crippen LogP) is 2.34. The zero-order valence-corrected chi connectivity index (χ0v) is 12.9. The zero-order chi connectivity index (χ0) is 15.2. The first-order valence-corrected chi connectivity index (χ1v) is 8.11. The first-order valence-electron chi connectivity index (χ1n) is 7.13. The van der Waals surface area contributed by atoms with E-state index in [1.165, 1.54) is 0 Å². The maximum Gasteiger partial charge on any atom is 0.335 e. The van der Waals surface area contributed by atoms with Crippen LogP contribution in [0, 0.1) is 0 Å². The molecule has 6 heteroatoms. The molecule has 0 aliphatic carbocycles. The van der Waals surface area contributed by atoms with E-state index in [9.17, 15) is 9.59 Å². The van der Waals surface area contributed by atoms with Crippen molar-refractivity contribution in [2.24, 2.45) is 0 Å². The van der Waals surface area contributed by atoms with Crippen LogP contribution >= 0.6 is 11.8 Å². The van der Waals surface area contributed by atoms with Crippen molar-refractivity contribution in [1.29, 1.82) is 0 Å². The van der Waals surface area contributed by atoms with Crippen molar-refractivity contribution in [1.82, 2.24) is 10.0 Å². The van der Waals surface area contributed by atoms with Gasteiger partial charge in [0, 0.05) is 36.7 Å². The van der Waals surface area contributed by atoms with Gasteiger partial charge in [-0.1, -0.05) is 6.92 Å². The second kappa shape index (κ2) is 7.47. The van der Waals surface area contributed by atoms with E-state index in [-0.39, 0.29) is 5.91 Å². The van der Waals surface area contributed by atoms with Gasteiger partial charge in [-0.2, -0.15) is 0 Å². The van der Waals surface area contributed by atoms with Gasteiger partial charge in [0.15, 0.2) is 0 Å². The highest BCUT2D eigenvalue weighted by atomic mass is 32.2. The molecule has 0 aromatic heterocycles. The molecule has 21 heavy (non-hydrogen) atoms. The van der Waals surface area contributed by atoms with Gasteiger partial charge in [-0.25, -0.2) is 9.80 Å². The molecule has 0 bridgehead atoms. The fraction of sp³-hybridized carbons (Fsp3) is 0.467. The van der Waals surface area contributed by atoms with E-state index in [1.807, 2.05) is 17.1 Å². The number of benzene rings is 1. The van der Waals surface area contributed by atoms with Crippen LogP contribution in [0.3, 0.4) is 0 Å². The van der Waals surface area contributed by atoms with Crippen LogP contribution in [0.25, 0.3) is 0 Å². The normalized spacial score (nSPS) is 16.2. The van der Waals surface area contributed by atoms with Gasteiger partial charge in [0.2, 0.25) is 5.91 Å². The third kappa shape index (κ3) is 4.22. The van der Waals surface area contributed by atoms with E-state index < -0.39 is 5.97 Å². The molecule has 2 rings (SSSR count). The van der Waals surface area contributed by atoms with Crippen molar-refractivity contribution in [2.45, 2.75) is 24.7 Å². The Hall–Kier alpha value is -1.53. The van der Waals surface area contributed by atoms with Crippen molar-refractivity contribution in [3.05, 3.63) is 29.8 Å². The molecule has 1 heterocycles. The summed E-state index contributed by atoms with van der Waals surface area (Å²) in [6.45, 7) is 4.55. The first kappa shape index (κ1) is 15.9. The molecule has 1 N–H and O–H groups in total. The zero-order valence-electron chi connectivity index (χ0n) is 12.1. The number of amides is 1. The smallest absolute Gasteiger partial charge is 0.335 e. The van der Waals surface area contributed by atoms with Crippen LogP contribution in [0.4, 0.5) is 0 Å². The Bertz CT molecular complexity index is 504. The van der Waals surface area contributed by atoms with Crippen molar-refractivity contribution >= 4 is 23.6 Å². The van der Waals surface area contributed by atoms with Gasteiger partial charge in [0.25, 0.3) is 0 Å². The van der Waals surface area contributed by atoms with E-state index in [0.717, 1.165) is 30.2 Å². The molecule has 0 radical (unpaired) electrons. The standard InChI is InChI=1S/C15H20N2O3S/c1-2-16-9-3-4-14(18)17(16)10-11-21-13-7-5-12(6-8-13)15(19)20/h5-8H,2-4,9-11H2,1H3,(H,19,20). The summed E-state index contributed by atoms with van der Waals surface area (Å²) in [5, 5.41) is 12.8. The molecule has 5 nitrogen and oxygen atoms in total. The molecule has 0 spiro atoms. The summed E-state index contributed by atoms with van der Waals surface area (Å²) in [5.41, 5.74) is 0.294. The molecular weight excluding hydrogens is 288 g/mol. The fourth-order valence-corrected chi connectivity index (χ4v) is 3.19. The minimum Gasteiger partial charge on any atom is -0.478 e. The van der Waals surface area contributed by atoms with Crippen LogP contribution in [-0.4, -0.2) is 52.4 Å². The topological polar surface area (TPSA) is 60.9 Å². The average molecular weight is 308 g/mol. The number of rotatable bonds is 6. The van der Waals surface area contributed by atoms with Crippen molar-refractivity contribution in [3.63, 3.8) is 0 Å². The third-order valence-electron chi connectivity index (χ3n) is 3.47. The summed E-state index contributed by atoms with van der Waals surface area (Å²) < 4.78 is 0. The number of hydrogen-bond acceptors (Lipinski definition) is 4. The van der Waals surface area contributed by atoms with Crippen molar-refractivity contribution < 1.29 is 14.7 Å². The maximum atomic E-state index is 11.9. The Morgan fingerprint density at radius 1 is 1.33 bits per heavy atom. The van der Waals surface area contributed by atoms with Gasteiger partial charge in [-0.05, 0) is 30.7 Å². The summed E-state index contributed by atoms with van der Waals surface area (Å²) in [7, 11) is 0. The Morgan fingerprint density at radius 2 is 2.05 bits per heavy atom. The molecule has 0 unspecified atom stereocenters. The van der Waals surface area contributed by atoms with Crippen LogP contribution in [0.2, 0.25) is 0 Å². The monoisotopic (exact) mass is 308 g/mol. The summed E-state index contributed by atoms with van der Waals surface area (Å²) in [6.07, 6.45) is 1.57. The van der Waals surface area contributed by atoms with Crippen molar-refractivity contribution in [3.8, 4) is 0 Å². The van der Waals surface area contributed by atoms with E-state index in [4.69, 9.17) is 5.11 Å². The van der Waals surface area contributed by atoms with Crippen LogP contribution < -0.4 is 0 Å². The lowest BCUT2D eigenvalue weighted by Crippen LogP contribution is -2.51. The molecule has 0 saturated carbocycles. The van der Waals surface area contributed by atoms with Crippen LogP contribution in [0.1, 0.15) is 30.1 Å². The summed E-state index contributed by atoms with van der Waals surface area (Å²) in [6, 6.07) is 6.83. The van der Waals surface area contributed by atoms with Crippen molar-refractivity contribution in [2.75, 3.05) is 25.4 Å². The summed E-state index contributed by atoms with van der Waals surface area (Å²) in [5.74, 6) is 0.0863. The van der Waals surface area contributed by atoms with Gasteiger partial charge in [0.05, 0.1) is 5.56 Å². The van der Waals surface area contributed by atoms with Gasteiger partial charge in [-0.15, -0.1) is 11.8 Å². The lowest BCUT2D eigenvalue weighted by Gasteiger charge is -2.37. The van der Waals surface area contributed by atoms with E-state index in [1.54, 1.807) is 23.9 Å². The number of hydrazine groups is 1. The van der Waals surface area contributed by atoms with Gasteiger partial charge < -0.3 is 5.11 Å². The molecular formula is C15H20N2O3S. The second-order valence-electron chi connectivity index (χ2n) is 4.84. The molecule has 1 aromatic carbocycles. The lowest BCUT2D eigenvalue weighted by atomic mass is 10.2. The molecule has 1 saturated heterocycles. The molecule has 1 fully saturated rings. The van der Waals surface area contributed by atoms with E-state index >= 15 is 0 Å². The van der Waals surface area contributed by atoms with E-state index in [0.29, 0.717) is 18.5 Å². The first-order chi connectivity index (χ1) is 10.1. The quantitative estimate of drug-likeness (QED) is 0.817. The Labute approximate surface area is 128 Å². The predicted molar refractivity (Wildman–Crippen MR) is 82.3 cm³/mol. The van der Waals surface area contributed by atoms with Gasteiger partial charge in [0.1, 0.15) is 0 Å². The molecule has 1 aliphatic heterocycles. The van der Waals surface area contributed by atoms with Crippen LogP contribution in [0.15, 0.2) is 29.2 Å². The number of hydrogen-bond donors (Lipinski definition) is 1.